The van der Waals surface area contributed by atoms with Crippen LogP contribution in [0.3, 0.4) is 0 Å². The fourth-order valence-corrected chi connectivity index (χ4v) is 2.78. The quantitative estimate of drug-likeness (QED) is 0.465. The first-order chi connectivity index (χ1) is 10.6. The zero-order valence-corrected chi connectivity index (χ0v) is 17.9. The van der Waals surface area contributed by atoms with E-state index in [1.54, 1.807) is 6.07 Å². The number of rotatable bonds is 12. The molecule has 0 heterocycles. The molecule has 0 aliphatic carbocycles. The van der Waals surface area contributed by atoms with E-state index < -0.39 is 5.97 Å². The van der Waals surface area contributed by atoms with E-state index in [0.29, 0.717) is 0 Å². The number of hydrogen-bond acceptors (Lipinski definition) is 2. The molecule has 0 unspecified atom stereocenters. The fourth-order valence-electron chi connectivity index (χ4n) is 2.78. The molecule has 124 valence electrons. The summed E-state index contributed by atoms with van der Waals surface area (Å²) in [5.41, 5.74) is 0.954. The average molecular weight is 345 g/mol. The predicted molar refractivity (Wildman–Crippen MR) is 88.4 cm³/mol. The molecular weight excluding hydrogens is 315 g/mol. The monoisotopic (exact) mass is 344 g/mol. The topological polar surface area (TPSA) is 60.4 Å². The Morgan fingerprint density at radius 3 is 2.00 bits per heavy atom. The summed E-state index contributed by atoms with van der Waals surface area (Å²) in [7, 11) is 0. The molecule has 23 heavy (non-hydrogen) atoms. The Morgan fingerprint density at radius 1 is 0.957 bits per heavy atom. The van der Waals surface area contributed by atoms with Gasteiger partial charge in [-0.3, -0.25) is 0 Å². The van der Waals surface area contributed by atoms with E-state index in [9.17, 15) is 9.90 Å². The van der Waals surface area contributed by atoms with Crippen molar-refractivity contribution < 1.29 is 66.4 Å². The van der Waals surface area contributed by atoms with E-state index in [1.165, 1.54) is 63.5 Å². The number of carboxylic acid groups (broad SMARTS) is 1. The van der Waals surface area contributed by atoms with Crippen molar-refractivity contribution in [3.8, 4) is 5.75 Å². The fraction of sp³-hybridized carbons (Fsp3) is 0.632. The molecule has 1 N–H and O–H groups in total. The molecule has 1 aromatic rings. The van der Waals surface area contributed by atoms with Crippen molar-refractivity contribution in [1.29, 1.82) is 0 Å². The predicted octanol–water partition coefficient (Wildman–Crippen LogP) is 1.93. The van der Waals surface area contributed by atoms with Crippen LogP contribution in [0, 0.1) is 0 Å². The summed E-state index contributed by atoms with van der Waals surface area (Å²) in [5, 5.41) is 20.3. The van der Waals surface area contributed by atoms with Gasteiger partial charge in [0.05, 0.1) is 5.56 Å². The number of carboxylic acids is 1. The van der Waals surface area contributed by atoms with Crippen LogP contribution in [0.15, 0.2) is 18.2 Å². The maximum absolute atomic E-state index is 11.2. The molecule has 0 fully saturated rings. The third-order valence-corrected chi connectivity index (χ3v) is 4.11. The van der Waals surface area contributed by atoms with Gasteiger partial charge in [-0.25, -0.2) is 4.79 Å². The van der Waals surface area contributed by atoms with Gasteiger partial charge in [0.15, 0.2) is 0 Å². The standard InChI is InChI=1S/C19H30O3.K/c1-2-3-4-5-6-7-8-9-10-11-12-16-13-14-17(20)15-18(16)19(21)22;/h13-15,20H,2-12H2,1H3,(H,21,22);/q;+1/p-1. The molecule has 0 amide bonds. The first-order valence-electron chi connectivity index (χ1n) is 8.68. The second-order valence-electron chi connectivity index (χ2n) is 6.06. The van der Waals surface area contributed by atoms with Crippen LogP contribution in [0.4, 0.5) is 0 Å². The Kier molecular flexibility index (Phi) is 14.5. The molecule has 0 saturated carbocycles. The Hall–Kier alpha value is 0.126. The molecule has 4 heteroatoms. The van der Waals surface area contributed by atoms with Gasteiger partial charge in [-0.05, 0) is 18.4 Å². The molecule has 0 aliphatic rings. The van der Waals surface area contributed by atoms with Gasteiger partial charge >= 0.3 is 57.4 Å². The van der Waals surface area contributed by atoms with Crippen LogP contribution in [-0.2, 0) is 6.42 Å². The number of carbonyl (C=O) groups is 1. The van der Waals surface area contributed by atoms with Gasteiger partial charge in [0.25, 0.3) is 0 Å². The van der Waals surface area contributed by atoms with E-state index in [2.05, 4.69) is 6.92 Å². The number of benzene rings is 1. The van der Waals surface area contributed by atoms with E-state index in [0.717, 1.165) is 24.8 Å². The van der Waals surface area contributed by atoms with E-state index in [-0.39, 0.29) is 62.7 Å². The van der Waals surface area contributed by atoms with Gasteiger partial charge in [0.2, 0.25) is 0 Å². The summed E-state index contributed by atoms with van der Waals surface area (Å²) < 4.78 is 0. The number of aryl methyl sites for hydroxylation is 1. The molecule has 1 aromatic carbocycles. The first kappa shape index (κ1) is 23.1. The Balaban J connectivity index is 0.00000484. The molecule has 0 spiro atoms. The van der Waals surface area contributed by atoms with Crippen molar-refractivity contribution in [1.82, 2.24) is 0 Å². The minimum absolute atomic E-state index is 0. The van der Waals surface area contributed by atoms with Gasteiger partial charge < -0.3 is 10.2 Å². The third-order valence-electron chi connectivity index (χ3n) is 4.11. The van der Waals surface area contributed by atoms with Crippen molar-refractivity contribution in [2.24, 2.45) is 0 Å². The molecule has 0 bridgehead atoms. The van der Waals surface area contributed by atoms with Crippen molar-refractivity contribution in [2.45, 2.75) is 77.6 Å². The largest absolute Gasteiger partial charge is 1.00 e. The molecule has 0 atom stereocenters. The summed E-state index contributed by atoms with van der Waals surface area (Å²) in [5.74, 6) is -1.23. The zero-order chi connectivity index (χ0) is 16.2. The van der Waals surface area contributed by atoms with Gasteiger partial charge in [0, 0.05) is 0 Å². The van der Waals surface area contributed by atoms with E-state index in [4.69, 9.17) is 5.11 Å². The average Bonchev–Trinajstić information content (AvgIpc) is 2.50. The SMILES string of the molecule is CCCCCCCCCCCCc1ccc([O-])cc1C(=O)O.[K+]. The van der Waals surface area contributed by atoms with Crippen LogP contribution >= 0.6 is 0 Å². The molecule has 0 radical (unpaired) electrons. The van der Waals surface area contributed by atoms with Gasteiger partial charge in [-0.15, -0.1) is 5.75 Å². The maximum atomic E-state index is 11.2. The second-order valence-corrected chi connectivity index (χ2v) is 6.06. The Labute approximate surface area is 183 Å². The third kappa shape index (κ3) is 10.6. The van der Waals surface area contributed by atoms with Crippen LogP contribution in [0.1, 0.15) is 87.1 Å². The summed E-state index contributed by atoms with van der Waals surface area (Å²) in [6.07, 6.45) is 13.4. The molecule has 0 aliphatic heterocycles. The summed E-state index contributed by atoms with van der Waals surface area (Å²) in [6.45, 7) is 2.24. The minimum Gasteiger partial charge on any atom is -0.872 e. The summed E-state index contributed by atoms with van der Waals surface area (Å²) in [4.78, 5) is 11.1. The zero-order valence-electron chi connectivity index (χ0n) is 14.8. The number of hydrogen-bond donors (Lipinski definition) is 1. The second kappa shape index (κ2) is 14.5. The van der Waals surface area contributed by atoms with Crippen molar-refractivity contribution in [3.63, 3.8) is 0 Å². The molecule has 1 rings (SSSR count). The minimum atomic E-state index is -1.00. The van der Waals surface area contributed by atoms with Crippen LogP contribution < -0.4 is 56.5 Å². The van der Waals surface area contributed by atoms with Crippen LogP contribution in [0.25, 0.3) is 0 Å². The van der Waals surface area contributed by atoms with Gasteiger partial charge in [-0.1, -0.05) is 82.9 Å². The Bertz CT molecular complexity index is 446. The van der Waals surface area contributed by atoms with Crippen molar-refractivity contribution >= 4 is 5.97 Å². The summed E-state index contributed by atoms with van der Waals surface area (Å²) >= 11 is 0. The number of aromatic carboxylic acids is 1. The van der Waals surface area contributed by atoms with E-state index in [1.807, 2.05) is 0 Å². The van der Waals surface area contributed by atoms with Crippen LogP contribution in [0.2, 0.25) is 0 Å². The molecule has 0 saturated heterocycles. The van der Waals surface area contributed by atoms with Gasteiger partial charge in [-0.2, -0.15) is 0 Å². The van der Waals surface area contributed by atoms with Crippen molar-refractivity contribution in [3.05, 3.63) is 29.3 Å². The Morgan fingerprint density at radius 2 is 1.48 bits per heavy atom. The number of unbranched alkanes of at least 4 members (excludes halogenated alkanes) is 9. The first-order valence-corrected chi connectivity index (χ1v) is 8.68. The maximum Gasteiger partial charge on any atom is 1.00 e. The molecule has 3 nitrogen and oxygen atoms in total. The van der Waals surface area contributed by atoms with Crippen LogP contribution in [0.5, 0.6) is 5.75 Å². The summed E-state index contributed by atoms with van der Waals surface area (Å²) in [6, 6.07) is 4.35. The molecular formula is C19H29KO3. The van der Waals surface area contributed by atoms with Gasteiger partial charge in [0.1, 0.15) is 0 Å². The van der Waals surface area contributed by atoms with Crippen molar-refractivity contribution in [2.75, 3.05) is 0 Å². The van der Waals surface area contributed by atoms with Crippen LogP contribution in [-0.4, -0.2) is 11.1 Å². The normalized spacial score (nSPS) is 10.3. The molecule has 0 aromatic heterocycles. The smallest absolute Gasteiger partial charge is 0.872 e. The van der Waals surface area contributed by atoms with E-state index >= 15 is 0 Å².